The van der Waals surface area contributed by atoms with E-state index in [0.29, 0.717) is 12.2 Å². The Balaban J connectivity index is 2.61. The van der Waals surface area contributed by atoms with Crippen LogP contribution in [0.2, 0.25) is 0 Å². The molecule has 17 heavy (non-hydrogen) atoms. The molecule has 0 aliphatic rings. The SMILES string of the molecule is CCCCN(C)C(=O)Nc1cc(O)cc(O)c1. The van der Waals surface area contributed by atoms with Gasteiger partial charge >= 0.3 is 6.03 Å². The number of anilines is 1. The molecule has 5 heteroatoms. The lowest BCUT2D eigenvalue weighted by Crippen LogP contribution is -2.32. The van der Waals surface area contributed by atoms with Gasteiger partial charge in [-0.2, -0.15) is 0 Å². The highest BCUT2D eigenvalue weighted by molar-refractivity contribution is 5.89. The maximum Gasteiger partial charge on any atom is 0.321 e. The summed E-state index contributed by atoms with van der Waals surface area (Å²) in [6.07, 6.45) is 1.96. The number of nitrogens with one attached hydrogen (secondary N) is 1. The van der Waals surface area contributed by atoms with E-state index in [0.717, 1.165) is 12.8 Å². The molecule has 0 fully saturated rings. The first-order valence-corrected chi connectivity index (χ1v) is 5.58. The first-order chi connectivity index (χ1) is 8.02. The Hall–Kier alpha value is -1.91. The minimum atomic E-state index is -0.261. The Morgan fingerprint density at radius 2 is 1.88 bits per heavy atom. The van der Waals surface area contributed by atoms with Gasteiger partial charge < -0.3 is 20.4 Å². The summed E-state index contributed by atoms with van der Waals surface area (Å²) in [5.41, 5.74) is 0.371. The number of rotatable bonds is 4. The molecule has 0 saturated heterocycles. The van der Waals surface area contributed by atoms with Crippen molar-refractivity contribution in [2.45, 2.75) is 19.8 Å². The van der Waals surface area contributed by atoms with Gasteiger partial charge in [0, 0.05) is 37.5 Å². The molecular formula is C12H18N2O3. The van der Waals surface area contributed by atoms with Gasteiger partial charge in [-0.3, -0.25) is 0 Å². The van der Waals surface area contributed by atoms with Crippen LogP contribution in [-0.4, -0.2) is 34.7 Å². The molecule has 1 aromatic carbocycles. The average molecular weight is 238 g/mol. The minimum Gasteiger partial charge on any atom is -0.508 e. The number of phenolic OH excluding ortho intramolecular Hbond substituents is 2. The highest BCUT2D eigenvalue weighted by Crippen LogP contribution is 2.23. The van der Waals surface area contributed by atoms with Crippen LogP contribution in [-0.2, 0) is 0 Å². The Morgan fingerprint density at radius 3 is 2.41 bits per heavy atom. The second-order valence-electron chi connectivity index (χ2n) is 3.94. The number of carbonyl (C=O) groups excluding carboxylic acids is 1. The van der Waals surface area contributed by atoms with Gasteiger partial charge in [0.25, 0.3) is 0 Å². The number of unbranched alkanes of at least 4 members (excludes halogenated alkanes) is 1. The van der Waals surface area contributed by atoms with Crippen molar-refractivity contribution in [3.8, 4) is 11.5 Å². The van der Waals surface area contributed by atoms with Crippen LogP contribution in [0.15, 0.2) is 18.2 Å². The van der Waals surface area contributed by atoms with Gasteiger partial charge in [-0.15, -0.1) is 0 Å². The van der Waals surface area contributed by atoms with E-state index in [1.807, 2.05) is 0 Å². The predicted octanol–water partition coefficient (Wildman–Crippen LogP) is 2.36. The zero-order valence-electron chi connectivity index (χ0n) is 10.1. The van der Waals surface area contributed by atoms with Crippen molar-refractivity contribution in [1.82, 2.24) is 4.90 Å². The fourth-order valence-corrected chi connectivity index (χ4v) is 1.38. The normalized spacial score (nSPS) is 10.0. The first kappa shape index (κ1) is 13.2. The quantitative estimate of drug-likeness (QED) is 0.754. The average Bonchev–Trinajstić information content (AvgIpc) is 2.24. The van der Waals surface area contributed by atoms with Gasteiger partial charge in [-0.1, -0.05) is 13.3 Å². The van der Waals surface area contributed by atoms with Gasteiger partial charge in [0.2, 0.25) is 0 Å². The summed E-state index contributed by atoms with van der Waals surface area (Å²) in [6.45, 7) is 2.73. The number of phenols is 2. The largest absolute Gasteiger partial charge is 0.508 e. The monoisotopic (exact) mass is 238 g/mol. The van der Waals surface area contributed by atoms with Crippen LogP contribution < -0.4 is 5.32 Å². The number of carbonyl (C=O) groups is 1. The van der Waals surface area contributed by atoms with Crippen LogP contribution in [0.25, 0.3) is 0 Å². The standard InChI is InChI=1S/C12H18N2O3/c1-3-4-5-14(2)12(17)13-9-6-10(15)8-11(16)7-9/h6-8,15-16H,3-5H2,1-2H3,(H,13,17). The molecule has 0 saturated carbocycles. The molecule has 0 aliphatic heterocycles. The lowest BCUT2D eigenvalue weighted by Gasteiger charge is -2.17. The fourth-order valence-electron chi connectivity index (χ4n) is 1.38. The van der Waals surface area contributed by atoms with Crippen LogP contribution >= 0.6 is 0 Å². The number of amides is 2. The Morgan fingerprint density at radius 1 is 1.29 bits per heavy atom. The molecule has 3 N–H and O–H groups in total. The second kappa shape index (κ2) is 5.98. The van der Waals surface area contributed by atoms with E-state index in [1.54, 1.807) is 11.9 Å². The smallest absolute Gasteiger partial charge is 0.321 e. The molecule has 0 unspecified atom stereocenters. The van der Waals surface area contributed by atoms with Crippen molar-refractivity contribution < 1.29 is 15.0 Å². The van der Waals surface area contributed by atoms with Gasteiger partial charge in [-0.05, 0) is 6.42 Å². The molecular weight excluding hydrogens is 220 g/mol. The van der Waals surface area contributed by atoms with Crippen molar-refractivity contribution >= 4 is 11.7 Å². The molecule has 5 nitrogen and oxygen atoms in total. The predicted molar refractivity (Wildman–Crippen MR) is 66.3 cm³/mol. The molecule has 1 rings (SSSR count). The maximum atomic E-state index is 11.7. The lowest BCUT2D eigenvalue weighted by atomic mass is 10.3. The Labute approximate surface area is 101 Å². The third kappa shape index (κ3) is 4.22. The van der Waals surface area contributed by atoms with E-state index in [4.69, 9.17) is 0 Å². The summed E-state index contributed by atoms with van der Waals surface area (Å²) >= 11 is 0. The van der Waals surface area contributed by atoms with E-state index >= 15 is 0 Å². The Kier molecular flexibility index (Phi) is 4.63. The summed E-state index contributed by atoms with van der Waals surface area (Å²) in [7, 11) is 1.70. The van der Waals surface area contributed by atoms with Gasteiger partial charge in [0.05, 0.1) is 0 Å². The second-order valence-corrected chi connectivity index (χ2v) is 3.94. The topological polar surface area (TPSA) is 72.8 Å². The van der Waals surface area contributed by atoms with Crippen LogP contribution in [0.4, 0.5) is 10.5 Å². The van der Waals surface area contributed by atoms with E-state index in [9.17, 15) is 15.0 Å². The summed E-state index contributed by atoms with van der Waals surface area (Å²) in [5.74, 6) is -0.173. The zero-order chi connectivity index (χ0) is 12.8. The number of hydrogen-bond acceptors (Lipinski definition) is 3. The molecule has 0 bridgehead atoms. The van der Waals surface area contributed by atoms with Crippen molar-refractivity contribution in [3.63, 3.8) is 0 Å². The van der Waals surface area contributed by atoms with E-state index in [1.165, 1.54) is 18.2 Å². The maximum absolute atomic E-state index is 11.7. The molecule has 0 heterocycles. The molecule has 0 aliphatic carbocycles. The van der Waals surface area contributed by atoms with Crippen LogP contribution in [0.5, 0.6) is 11.5 Å². The molecule has 1 aromatic rings. The zero-order valence-corrected chi connectivity index (χ0v) is 10.1. The van der Waals surface area contributed by atoms with Gasteiger partial charge in [0.15, 0.2) is 0 Å². The number of hydrogen-bond donors (Lipinski definition) is 3. The fraction of sp³-hybridized carbons (Fsp3) is 0.417. The molecule has 0 aromatic heterocycles. The molecule has 2 amide bonds. The van der Waals surface area contributed by atoms with E-state index in [2.05, 4.69) is 12.2 Å². The molecule has 0 spiro atoms. The summed E-state index contributed by atoms with van der Waals surface area (Å²) in [6, 6.07) is 3.70. The third-order valence-electron chi connectivity index (χ3n) is 2.35. The number of nitrogens with zero attached hydrogens (tertiary/aromatic N) is 1. The number of aromatic hydroxyl groups is 2. The van der Waals surface area contributed by atoms with Crippen LogP contribution in [0.1, 0.15) is 19.8 Å². The number of benzene rings is 1. The molecule has 0 radical (unpaired) electrons. The van der Waals surface area contributed by atoms with Crippen molar-refractivity contribution in [1.29, 1.82) is 0 Å². The first-order valence-electron chi connectivity index (χ1n) is 5.58. The minimum absolute atomic E-state index is 0.0866. The van der Waals surface area contributed by atoms with Crippen molar-refractivity contribution in [2.24, 2.45) is 0 Å². The van der Waals surface area contributed by atoms with Gasteiger partial charge in [-0.25, -0.2) is 4.79 Å². The highest BCUT2D eigenvalue weighted by Gasteiger charge is 2.09. The molecule has 0 atom stereocenters. The van der Waals surface area contributed by atoms with Crippen molar-refractivity contribution in [3.05, 3.63) is 18.2 Å². The highest BCUT2D eigenvalue weighted by atomic mass is 16.3. The van der Waals surface area contributed by atoms with Crippen LogP contribution in [0.3, 0.4) is 0 Å². The summed E-state index contributed by atoms with van der Waals surface area (Å²) in [4.78, 5) is 13.3. The van der Waals surface area contributed by atoms with Gasteiger partial charge in [0.1, 0.15) is 11.5 Å². The summed E-state index contributed by atoms with van der Waals surface area (Å²) in [5, 5.41) is 21.1. The summed E-state index contributed by atoms with van der Waals surface area (Å²) < 4.78 is 0. The lowest BCUT2D eigenvalue weighted by molar-refractivity contribution is 0.222. The van der Waals surface area contributed by atoms with E-state index < -0.39 is 0 Å². The van der Waals surface area contributed by atoms with E-state index in [-0.39, 0.29) is 17.5 Å². The Bertz CT molecular complexity index is 373. The van der Waals surface area contributed by atoms with Crippen LogP contribution in [0, 0.1) is 0 Å². The number of urea groups is 1. The third-order valence-corrected chi connectivity index (χ3v) is 2.35. The van der Waals surface area contributed by atoms with Crippen molar-refractivity contribution in [2.75, 3.05) is 18.9 Å². The molecule has 94 valence electrons.